The van der Waals surface area contributed by atoms with Crippen LogP contribution in [0.1, 0.15) is 30.3 Å². The number of ketones is 1. The predicted molar refractivity (Wildman–Crippen MR) is 149 cm³/mol. The van der Waals surface area contributed by atoms with Gasteiger partial charge in [0, 0.05) is 4.88 Å². The van der Waals surface area contributed by atoms with Gasteiger partial charge in [0.05, 0.1) is 14.6 Å². The second-order valence-electron chi connectivity index (χ2n) is 7.69. The summed E-state index contributed by atoms with van der Waals surface area (Å²) in [4.78, 5) is 10.1. The summed E-state index contributed by atoms with van der Waals surface area (Å²) in [5.74, 6) is -1.77. The van der Waals surface area contributed by atoms with E-state index < -0.39 is 48.0 Å². The predicted octanol–water partition coefficient (Wildman–Crippen LogP) is 9.78. The van der Waals surface area contributed by atoms with Gasteiger partial charge in [-0.1, -0.05) is 34.6 Å². The molecular weight excluding hydrogens is 735 g/mol. The summed E-state index contributed by atoms with van der Waals surface area (Å²) in [5, 5.41) is 26.6. The molecule has 4 rings (SSSR count). The van der Waals surface area contributed by atoms with Crippen molar-refractivity contribution in [2.75, 3.05) is 0 Å². The van der Waals surface area contributed by atoms with Crippen LogP contribution in [0.25, 0.3) is 0 Å². The molecule has 4 aromatic rings. The molecule has 4 N–H and O–H groups in total. The number of Topliss-reactive ketones (excluding diaryl/α,β-unsaturated/α-hetero) is 1. The van der Waals surface area contributed by atoms with Gasteiger partial charge >= 0.3 is 24.7 Å². The minimum absolute atomic E-state index is 0.0926. The van der Waals surface area contributed by atoms with Gasteiger partial charge in [0.15, 0.2) is 0 Å². The largest absolute Gasteiger partial charge is 0.455 e. The lowest BCUT2D eigenvalue weighted by Crippen LogP contribution is -2.27. The number of hydrogen-bond donors (Lipinski definition) is 3. The van der Waals surface area contributed by atoms with Crippen LogP contribution < -0.4 is 5.73 Å². The smallest absolute Gasteiger partial charge is 0.410 e. The first kappa shape index (κ1) is 40.6. The number of carbonyl (C=O) groups is 1. The molecule has 0 radical (unpaired) electrons. The van der Waals surface area contributed by atoms with Crippen molar-refractivity contribution in [2.45, 2.75) is 30.7 Å². The highest BCUT2D eigenvalue weighted by Crippen LogP contribution is 2.32. The molecule has 0 amide bonds. The van der Waals surface area contributed by atoms with E-state index in [1.54, 1.807) is 11.4 Å². The van der Waals surface area contributed by atoms with Crippen molar-refractivity contribution in [3.8, 4) is 0 Å². The summed E-state index contributed by atoms with van der Waals surface area (Å²) in [5.41, 5.74) is 2.40. The standard InChI is InChI=1S/2C6H4F3NOS.C6H6F3NS.C6H3F3OS/c2*7-6(8,9)5(10-11)4-2-1-3-12-4;2*7-6(8,9)5(10)4-2-1-3-11-4/h2*1-3,11H;1-3,5H,10H2;1-3H. The van der Waals surface area contributed by atoms with E-state index in [1.807, 2.05) is 0 Å². The number of hydrogen-bond acceptors (Lipinski definition) is 10. The van der Waals surface area contributed by atoms with E-state index in [0.29, 0.717) is 0 Å². The van der Waals surface area contributed by atoms with Crippen LogP contribution in [0.4, 0.5) is 52.7 Å². The van der Waals surface area contributed by atoms with Crippen LogP contribution in [-0.4, -0.2) is 52.3 Å². The molecule has 1 unspecified atom stereocenters. The van der Waals surface area contributed by atoms with Crippen molar-refractivity contribution in [1.82, 2.24) is 0 Å². The number of oxime groups is 2. The summed E-state index contributed by atoms with van der Waals surface area (Å²) in [6.45, 7) is 0. The first-order valence-corrected chi connectivity index (χ1v) is 14.8. The van der Waals surface area contributed by atoms with E-state index in [-0.39, 0.29) is 19.5 Å². The lowest BCUT2D eigenvalue weighted by Gasteiger charge is -2.12. The Kier molecular flexibility index (Phi) is 15.4. The Bertz CT molecular complexity index is 1420. The fourth-order valence-electron chi connectivity index (χ4n) is 2.49. The van der Waals surface area contributed by atoms with Gasteiger partial charge in [-0.25, -0.2) is 0 Å². The van der Waals surface area contributed by atoms with Gasteiger partial charge in [-0.05, 0) is 45.8 Å². The Hall–Kier alpha value is -3.47. The Morgan fingerprint density at radius 1 is 0.587 bits per heavy atom. The molecule has 0 fully saturated rings. The van der Waals surface area contributed by atoms with E-state index in [1.165, 1.54) is 52.5 Å². The number of halogens is 12. The fraction of sp³-hybridized carbons (Fsp3) is 0.208. The molecule has 0 aromatic carbocycles. The van der Waals surface area contributed by atoms with Gasteiger partial charge in [0.25, 0.3) is 5.78 Å². The highest BCUT2D eigenvalue weighted by atomic mass is 32.1. The van der Waals surface area contributed by atoms with E-state index in [9.17, 15) is 57.5 Å². The molecule has 4 aromatic heterocycles. The lowest BCUT2D eigenvalue weighted by atomic mass is 10.2. The summed E-state index contributed by atoms with van der Waals surface area (Å²) in [6.07, 6.45) is -18.3. The second kappa shape index (κ2) is 17.4. The Labute approximate surface area is 266 Å². The van der Waals surface area contributed by atoms with Crippen LogP contribution in [0.2, 0.25) is 0 Å². The van der Waals surface area contributed by atoms with Crippen LogP contribution in [0.15, 0.2) is 80.4 Å². The normalized spacial score (nSPS) is 13.3. The molecule has 46 heavy (non-hydrogen) atoms. The molecule has 0 spiro atoms. The number of alkyl halides is 12. The van der Waals surface area contributed by atoms with Gasteiger partial charge in [0.1, 0.15) is 6.04 Å². The highest BCUT2D eigenvalue weighted by molar-refractivity contribution is 7.12. The molecule has 22 heteroatoms. The molecular formula is C24H17F12N3O3S4. The van der Waals surface area contributed by atoms with Crippen LogP contribution in [0, 0.1) is 0 Å². The van der Waals surface area contributed by atoms with Crippen LogP contribution in [0.3, 0.4) is 0 Å². The second-order valence-corrected chi connectivity index (χ2v) is 11.5. The van der Waals surface area contributed by atoms with E-state index in [0.717, 1.165) is 51.4 Å². The minimum Gasteiger partial charge on any atom is -0.410 e. The molecule has 0 aliphatic rings. The third-order valence-corrected chi connectivity index (χ3v) is 8.03. The Morgan fingerprint density at radius 3 is 1.17 bits per heavy atom. The van der Waals surface area contributed by atoms with Crippen molar-refractivity contribution >= 4 is 62.6 Å². The molecule has 254 valence electrons. The topological polar surface area (TPSA) is 108 Å². The van der Waals surface area contributed by atoms with Crippen molar-refractivity contribution in [3.05, 3.63) is 89.6 Å². The molecule has 6 nitrogen and oxygen atoms in total. The number of rotatable bonds is 4. The summed E-state index contributed by atoms with van der Waals surface area (Å²) >= 11 is 3.54. The Morgan fingerprint density at radius 2 is 0.935 bits per heavy atom. The van der Waals surface area contributed by atoms with Crippen LogP contribution in [0.5, 0.6) is 0 Å². The van der Waals surface area contributed by atoms with Gasteiger partial charge in [-0.15, -0.1) is 45.3 Å². The van der Waals surface area contributed by atoms with Crippen molar-refractivity contribution in [2.24, 2.45) is 16.0 Å². The number of carbonyl (C=O) groups excluding carboxylic acids is 1. The SMILES string of the molecule is NC(c1cccs1)C(F)(F)F.O=C(c1cccs1)C(F)(F)F.ON=C(c1cccs1)C(F)(F)F.ON=C(c1cccs1)C(F)(F)F. The van der Waals surface area contributed by atoms with Crippen LogP contribution >= 0.6 is 45.3 Å². The van der Waals surface area contributed by atoms with Crippen molar-refractivity contribution < 1.29 is 67.9 Å². The number of nitrogens with two attached hydrogens (primary N) is 1. The monoisotopic (exact) mass is 751 g/mol. The third kappa shape index (κ3) is 13.5. The first-order valence-electron chi connectivity index (χ1n) is 11.3. The maximum Gasteiger partial charge on any atom is 0.455 e. The summed E-state index contributed by atoms with van der Waals surface area (Å²) in [7, 11) is 0. The zero-order valence-electron chi connectivity index (χ0n) is 21.9. The number of nitrogens with zero attached hydrogens (tertiary/aromatic N) is 2. The maximum atomic E-state index is 12.0. The first-order chi connectivity index (χ1) is 21.1. The third-order valence-electron chi connectivity index (χ3n) is 4.45. The highest BCUT2D eigenvalue weighted by Gasteiger charge is 2.40. The zero-order valence-corrected chi connectivity index (χ0v) is 25.2. The average molecular weight is 752 g/mol. The van der Waals surface area contributed by atoms with E-state index in [2.05, 4.69) is 10.3 Å². The van der Waals surface area contributed by atoms with Crippen LogP contribution in [-0.2, 0) is 0 Å². The Balaban J connectivity index is 0.000000307. The quantitative estimate of drug-likeness (QED) is 0.0635. The average Bonchev–Trinajstić information content (AvgIpc) is 3.75. The minimum atomic E-state index is -4.75. The molecule has 0 aliphatic carbocycles. The fourth-order valence-corrected chi connectivity index (χ4v) is 5.39. The van der Waals surface area contributed by atoms with Gasteiger partial charge in [0.2, 0.25) is 11.4 Å². The maximum absolute atomic E-state index is 12.0. The van der Waals surface area contributed by atoms with E-state index in [4.69, 9.17) is 16.1 Å². The van der Waals surface area contributed by atoms with Gasteiger partial charge < -0.3 is 16.1 Å². The molecule has 0 aliphatic heterocycles. The number of thiophene rings is 4. The zero-order chi connectivity index (χ0) is 35.3. The van der Waals surface area contributed by atoms with Gasteiger partial charge in [-0.3, -0.25) is 4.79 Å². The van der Waals surface area contributed by atoms with Crippen molar-refractivity contribution in [3.63, 3.8) is 0 Å². The molecule has 1 atom stereocenters. The molecule has 0 saturated carbocycles. The summed E-state index contributed by atoms with van der Waals surface area (Å²) < 4.78 is 143. The molecule has 0 saturated heterocycles. The molecule has 4 heterocycles. The molecule has 0 bridgehead atoms. The van der Waals surface area contributed by atoms with Crippen molar-refractivity contribution in [1.29, 1.82) is 0 Å². The summed E-state index contributed by atoms with van der Waals surface area (Å²) in [6, 6.07) is 9.05. The lowest BCUT2D eigenvalue weighted by molar-refractivity contribution is -0.148. The van der Waals surface area contributed by atoms with E-state index >= 15 is 0 Å². The van der Waals surface area contributed by atoms with Gasteiger partial charge in [-0.2, -0.15) is 52.7 Å².